The van der Waals surface area contributed by atoms with Gasteiger partial charge in [0.2, 0.25) is 10.0 Å². The highest BCUT2D eigenvalue weighted by molar-refractivity contribution is 7.89. The third kappa shape index (κ3) is 5.60. The molecule has 220 valence electrons. The number of fused-ring (bicyclic) bond motifs is 2. The molecule has 1 saturated carbocycles. The largest absolute Gasteiger partial charge is 0.491 e. The van der Waals surface area contributed by atoms with Gasteiger partial charge in [0, 0.05) is 18.2 Å². The number of nitrogens with zero attached hydrogens (tertiary/aromatic N) is 2. The molecule has 3 aromatic carbocycles. The lowest BCUT2D eigenvalue weighted by atomic mass is 10.0. The molecule has 1 aliphatic carbocycles. The van der Waals surface area contributed by atoms with Crippen molar-refractivity contribution in [1.82, 2.24) is 19.6 Å². The fraction of sp³-hybridized carbons (Fsp3) is 0.333. The van der Waals surface area contributed by atoms with Crippen molar-refractivity contribution in [3.8, 4) is 16.9 Å². The average Bonchev–Trinajstić information content (AvgIpc) is 3.53. The molecule has 0 unspecified atom stereocenters. The van der Waals surface area contributed by atoms with Crippen LogP contribution in [0, 0.1) is 6.92 Å². The first-order valence-electron chi connectivity index (χ1n) is 13.7. The molecule has 42 heavy (non-hydrogen) atoms. The van der Waals surface area contributed by atoms with Gasteiger partial charge in [-0.25, -0.2) is 18.1 Å². The van der Waals surface area contributed by atoms with E-state index in [1.54, 1.807) is 6.07 Å². The number of aromatic nitrogens is 2. The summed E-state index contributed by atoms with van der Waals surface area (Å²) in [5.41, 5.74) is 2.20. The van der Waals surface area contributed by atoms with Gasteiger partial charge in [0.15, 0.2) is 0 Å². The molecular weight excluding hydrogens is 569 g/mol. The summed E-state index contributed by atoms with van der Waals surface area (Å²) in [5.74, 6) is 0.481. The van der Waals surface area contributed by atoms with Crippen LogP contribution in [0.5, 0.6) is 5.75 Å². The number of ether oxygens (including phenoxy) is 1. The van der Waals surface area contributed by atoms with Crippen molar-refractivity contribution in [1.29, 1.82) is 0 Å². The first kappa shape index (κ1) is 28.2. The number of sulfonamides is 1. The first-order valence-corrected chi connectivity index (χ1v) is 15.2. The maximum absolute atomic E-state index is 14.2. The number of imidazole rings is 1. The number of aryl methyl sites for hydroxylation is 1. The van der Waals surface area contributed by atoms with Crippen LogP contribution in [0.4, 0.5) is 13.2 Å². The van der Waals surface area contributed by atoms with Gasteiger partial charge in [-0.1, -0.05) is 25.0 Å². The van der Waals surface area contributed by atoms with Crippen LogP contribution in [0.3, 0.4) is 0 Å². The zero-order valence-electron chi connectivity index (χ0n) is 22.8. The number of hydrogen-bond donors (Lipinski definition) is 2. The second kappa shape index (κ2) is 10.7. The third-order valence-corrected chi connectivity index (χ3v) is 9.29. The summed E-state index contributed by atoms with van der Waals surface area (Å²) >= 11 is 0. The van der Waals surface area contributed by atoms with Gasteiger partial charge in [-0.2, -0.15) is 13.2 Å². The fourth-order valence-electron chi connectivity index (χ4n) is 5.68. The SMILES string of the molecule is Cc1nc2ccc(-c3ccc4c(c3)CN(C(=O)c3ccc(S(=O)(=O)NC5CCCC5)cc3C(F)(F)F)CCO4)cc2[nH]1. The predicted octanol–water partition coefficient (Wildman–Crippen LogP) is 5.81. The van der Waals surface area contributed by atoms with E-state index in [0.29, 0.717) is 30.2 Å². The number of H-pyrrole nitrogens is 1. The molecule has 4 aromatic rings. The minimum Gasteiger partial charge on any atom is -0.491 e. The zero-order valence-corrected chi connectivity index (χ0v) is 23.6. The number of nitrogens with one attached hydrogen (secondary N) is 2. The molecule has 0 saturated heterocycles. The average molecular weight is 599 g/mol. The molecular formula is C30H29F3N4O4S. The summed E-state index contributed by atoms with van der Waals surface area (Å²) in [6, 6.07) is 13.6. The number of aromatic amines is 1. The van der Waals surface area contributed by atoms with Crippen LogP contribution < -0.4 is 9.46 Å². The number of carbonyl (C=O) groups excluding carboxylic acids is 1. The molecule has 12 heteroatoms. The smallest absolute Gasteiger partial charge is 0.417 e. The molecule has 6 rings (SSSR count). The zero-order chi connectivity index (χ0) is 29.6. The predicted molar refractivity (Wildman–Crippen MR) is 151 cm³/mol. The Morgan fingerprint density at radius 3 is 2.55 bits per heavy atom. The summed E-state index contributed by atoms with van der Waals surface area (Å²) in [6.07, 6.45) is -1.95. The van der Waals surface area contributed by atoms with Crippen molar-refractivity contribution in [3.05, 3.63) is 77.1 Å². The molecule has 0 spiro atoms. The van der Waals surface area contributed by atoms with Gasteiger partial charge >= 0.3 is 6.18 Å². The lowest BCUT2D eigenvalue weighted by Gasteiger charge is -2.23. The Morgan fingerprint density at radius 2 is 1.79 bits per heavy atom. The van der Waals surface area contributed by atoms with Crippen LogP contribution in [0.1, 0.15) is 53.0 Å². The fourth-order valence-corrected chi connectivity index (χ4v) is 7.01. The van der Waals surface area contributed by atoms with Gasteiger partial charge in [-0.3, -0.25) is 4.79 Å². The van der Waals surface area contributed by atoms with Crippen molar-refractivity contribution in [2.75, 3.05) is 13.2 Å². The number of hydrogen-bond acceptors (Lipinski definition) is 5. The highest BCUT2D eigenvalue weighted by atomic mass is 32.2. The van der Waals surface area contributed by atoms with E-state index in [-0.39, 0.29) is 25.7 Å². The molecule has 1 fully saturated rings. The monoisotopic (exact) mass is 598 g/mol. The molecule has 0 bridgehead atoms. The number of halogens is 3. The van der Waals surface area contributed by atoms with E-state index in [0.717, 1.165) is 53.0 Å². The van der Waals surface area contributed by atoms with E-state index in [1.807, 2.05) is 37.3 Å². The Labute approximate surface area is 241 Å². The number of alkyl halides is 3. The minimum absolute atomic E-state index is 0.0218. The van der Waals surface area contributed by atoms with E-state index in [1.165, 1.54) is 4.90 Å². The lowest BCUT2D eigenvalue weighted by Crippen LogP contribution is -2.35. The standard InChI is InChI=1S/C30H29F3N4O4S/c1-18-34-26-10-6-20(15-27(26)35-18)19-7-11-28-21(14-19)17-37(12-13-41-28)29(38)24-9-8-23(16-25(24)30(31,32)33)42(39,40)36-22-4-2-3-5-22/h6-11,14-16,22,36H,2-5,12-13,17H2,1H3,(H,34,35). The number of carbonyl (C=O) groups is 1. The third-order valence-electron chi connectivity index (χ3n) is 7.78. The Hall–Kier alpha value is -3.90. The maximum atomic E-state index is 14.2. The molecule has 2 heterocycles. The summed E-state index contributed by atoms with van der Waals surface area (Å²) in [5, 5.41) is 0. The highest BCUT2D eigenvalue weighted by Gasteiger charge is 2.38. The van der Waals surface area contributed by atoms with Gasteiger partial charge in [0.05, 0.1) is 33.6 Å². The highest BCUT2D eigenvalue weighted by Crippen LogP contribution is 2.36. The molecule has 8 nitrogen and oxygen atoms in total. The second-order valence-corrected chi connectivity index (χ2v) is 12.5. The normalized spacial score (nSPS) is 16.3. The first-order chi connectivity index (χ1) is 20.0. The summed E-state index contributed by atoms with van der Waals surface area (Å²) < 4.78 is 76.7. The van der Waals surface area contributed by atoms with Crippen molar-refractivity contribution in [3.63, 3.8) is 0 Å². The number of amides is 1. The molecule has 0 radical (unpaired) electrons. The quantitative estimate of drug-likeness (QED) is 0.302. The van der Waals surface area contributed by atoms with Crippen molar-refractivity contribution < 1.29 is 31.1 Å². The minimum atomic E-state index is -4.94. The molecule has 1 aromatic heterocycles. The van der Waals surface area contributed by atoms with Crippen LogP contribution >= 0.6 is 0 Å². The van der Waals surface area contributed by atoms with Crippen LogP contribution in [-0.4, -0.2) is 48.4 Å². The molecule has 1 aliphatic heterocycles. The number of benzene rings is 3. The Kier molecular flexibility index (Phi) is 7.22. The van der Waals surface area contributed by atoms with E-state index in [9.17, 15) is 26.4 Å². The summed E-state index contributed by atoms with van der Waals surface area (Å²) in [7, 11) is -4.18. The van der Waals surface area contributed by atoms with E-state index < -0.39 is 38.1 Å². The summed E-state index contributed by atoms with van der Waals surface area (Å²) in [6.45, 7) is 2.04. The van der Waals surface area contributed by atoms with Crippen LogP contribution in [0.15, 0.2) is 59.5 Å². The van der Waals surface area contributed by atoms with Crippen LogP contribution in [0.2, 0.25) is 0 Å². The number of rotatable bonds is 5. The second-order valence-electron chi connectivity index (χ2n) is 10.8. The van der Waals surface area contributed by atoms with Gasteiger partial charge in [0.1, 0.15) is 18.2 Å². The van der Waals surface area contributed by atoms with E-state index in [2.05, 4.69) is 14.7 Å². The van der Waals surface area contributed by atoms with E-state index >= 15 is 0 Å². The lowest BCUT2D eigenvalue weighted by molar-refractivity contribution is -0.138. The van der Waals surface area contributed by atoms with Crippen LogP contribution in [0.25, 0.3) is 22.2 Å². The Balaban J connectivity index is 1.30. The Bertz CT molecular complexity index is 1780. The van der Waals surface area contributed by atoms with Gasteiger partial charge in [0.25, 0.3) is 5.91 Å². The van der Waals surface area contributed by atoms with Crippen molar-refractivity contribution in [2.24, 2.45) is 0 Å². The van der Waals surface area contributed by atoms with E-state index in [4.69, 9.17) is 4.74 Å². The maximum Gasteiger partial charge on any atom is 0.417 e. The molecule has 2 N–H and O–H groups in total. The molecule has 2 aliphatic rings. The van der Waals surface area contributed by atoms with Gasteiger partial charge in [-0.05, 0) is 73.4 Å². The van der Waals surface area contributed by atoms with Gasteiger partial charge < -0.3 is 14.6 Å². The topological polar surface area (TPSA) is 104 Å². The van der Waals surface area contributed by atoms with Gasteiger partial charge in [-0.15, -0.1) is 0 Å². The van der Waals surface area contributed by atoms with Crippen molar-refractivity contribution >= 4 is 27.0 Å². The molecule has 1 amide bonds. The van der Waals surface area contributed by atoms with Crippen LogP contribution in [-0.2, 0) is 22.7 Å². The molecule has 0 atom stereocenters. The Morgan fingerprint density at radius 1 is 1.05 bits per heavy atom. The van der Waals surface area contributed by atoms with Crippen molar-refractivity contribution in [2.45, 2.75) is 56.3 Å². The summed E-state index contributed by atoms with van der Waals surface area (Å²) in [4.78, 5) is 22.0.